The van der Waals surface area contributed by atoms with E-state index in [0.29, 0.717) is 12.3 Å². The molecule has 0 heterocycles. The van der Waals surface area contributed by atoms with Crippen molar-refractivity contribution in [2.24, 2.45) is 11.8 Å². The summed E-state index contributed by atoms with van der Waals surface area (Å²) < 4.78 is 23.3. The predicted molar refractivity (Wildman–Crippen MR) is 76.7 cm³/mol. The van der Waals surface area contributed by atoms with Gasteiger partial charge >= 0.3 is 0 Å². The Morgan fingerprint density at radius 2 is 2.00 bits per heavy atom. The van der Waals surface area contributed by atoms with Crippen molar-refractivity contribution in [3.63, 3.8) is 0 Å². The summed E-state index contributed by atoms with van der Waals surface area (Å²) in [4.78, 5) is 12.5. The summed E-state index contributed by atoms with van der Waals surface area (Å²) in [5.74, 6) is 0.833. The van der Waals surface area contributed by atoms with E-state index in [-0.39, 0.29) is 17.0 Å². The van der Waals surface area contributed by atoms with Crippen LogP contribution in [0.3, 0.4) is 0 Å². The van der Waals surface area contributed by atoms with Crippen molar-refractivity contribution in [3.8, 4) is 0 Å². The van der Waals surface area contributed by atoms with Gasteiger partial charge < -0.3 is 0 Å². The van der Waals surface area contributed by atoms with Gasteiger partial charge in [-0.05, 0) is 50.0 Å². The third-order valence-corrected chi connectivity index (χ3v) is 6.23. The first-order valence-electron chi connectivity index (χ1n) is 7.30. The van der Waals surface area contributed by atoms with Gasteiger partial charge in [-0.25, -0.2) is 8.42 Å². The molecule has 1 saturated carbocycles. The zero-order chi connectivity index (χ0) is 14.0. The highest BCUT2D eigenvalue weighted by atomic mass is 32.2. The lowest BCUT2D eigenvalue weighted by molar-refractivity contribution is -0.120. The van der Waals surface area contributed by atoms with Crippen LogP contribution in [0.15, 0.2) is 11.6 Å². The van der Waals surface area contributed by atoms with Crippen molar-refractivity contribution in [2.75, 3.05) is 6.26 Å². The molecule has 0 spiro atoms. The molecule has 0 aliphatic heterocycles. The molecule has 0 aromatic carbocycles. The number of Topliss-reactive ketones (excluding diaryl/α,β-unsaturated/α-hetero) is 1. The maximum Gasteiger partial charge on any atom is 0.161 e. The zero-order valence-corrected chi connectivity index (χ0v) is 12.7. The van der Waals surface area contributed by atoms with Gasteiger partial charge in [-0.1, -0.05) is 19.4 Å². The van der Waals surface area contributed by atoms with Gasteiger partial charge in [-0.3, -0.25) is 4.79 Å². The number of hydrogen-bond donors (Lipinski definition) is 0. The van der Waals surface area contributed by atoms with E-state index in [1.165, 1.54) is 6.26 Å². The molecule has 0 aromatic heterocycles. The second kappa shape index (κ2) is 5.78. The van der Waals surface area contributed by atoms with Crippen LogP contribution >= 0.6 is 0 Å². The van der Waals surface area contributed by atoms with Crippen molar-refractivity contribution in [1.82, 2.24) is 0 Å². The van der Waals surface area contributed by atoms with Crippen LogP contribution in [0, 0.1) is 11.8 Å². The Bertz CT molecular complexity index is 476. The van der Waals surface area contributed by atoms with Gasteiger partial charge in [0, 0.05) is 12.2 Å². The van der Waals surface area contributed by atoms with E-state index in [1.807, 2.05) is 0 Å². The lowest BCUT2D eigenvalue weighted by Crippen LogP contribution is -2.32. The minimum absolute atomic E-state index is 0.0619. The van der Waals surface area contributed by atoms with Crippen LogP contribution in [0.5, 0.6) is 0 Å². The highest BCUT2D eigenvalue weighted by Crippen LogP contribution is 2.33. The van der Waals surface area contributed by atoms with E-state index in [1.54, 1.807) is 0 Å². The standard InChI is InChI=1S/C15H24O3S/c1-11-6-8-12(9-7-11)15(16)13-4-3-5-14(10-13)19(2,17)18/h8,11,13-14H,3-7,9-10H2,1-2H3. The molecule has 3 atom stereocenters. The van der Waals surface area contributed by atoms with Crippen LogP contribution in [0.25, 0.3) is 0 Å². The number of carbonyl (C=O) groups is 1. The Morgan fingerprint density at radius 3 is 2.58 bits per heavy atom. The molecule has 19 heavy (non-hydrogen) atoms. The minimum Gasteiger partial charge on any atom is -0.294 e. The molecule has 0 bridgehead atoms. The summed E-state index contributed by atoms with van der Waals surface area (Å²) in [7, 11) is -3.00. The molecular weight excluding hydrogens is 260 g/mol. The first-order chi connectivity index (χ1) is 8.88. The third-order valence-electron chi connectivity index (χ3n) is 4.59. The summed E-state index contributed by atoms with van der Waals surface area (Å²) in [5.41, 5.74) is 0.956. The van der Waals surface area contributed by atoms with Crippen LogP contribution in [-0.2, 0) is 14.6 Å². The predicted octanol–water partition coefficient (Wildman–Crippen LogP) is 2.91. The molecule has 4 heteroatoms. The molecule has 0 aromatic rings. The van der Waals surface area contributed by atoms with Gasteiger partial charge in [0.25, 0.3) is 0 Å². The fraction of sp³-hybridized carbons (Fsp3) is 0.800. The van der Waals surface area contributed by atoms with Crippen molar-refractivity contribution in [2.45, 2.75) is 57.1 Å². The maximum atomic E-state index is 12.5. The summed E-state index contributed by atoms with van der Waals surface area (Å²) >= 11 is 0. The quantitative estimate of drug-likeness (QED) is 0.800. The molecule has 0 saturated heterocycles. The number of rotatable bonds is 3. The average Bonchev–Trinajstić information content (AvgIpc) is 2.38. The molecule has 1 fully saturated rings. The van der Waals surface area contributed by atoms with E-state index in [0.717, 1.165) is 44.1 Å². The summed E-state index contributed by atoms with van der Waals surface area (Å²) in [6.07, 6.45) is 9.30. The maximum absolute atomic E-state index is 12.5. The monoisotopic (exact) mass is 284 g/mol. The number of hydrogen-bond acceptors (Lipinski definition) is 3. The van der Waals surface area contributed by atoms with Crippen molar-refractivity contribution in [1.29, 1.82) is 0 Å². The highest BCUT2D eigenvalue weighted by Gasteiger charge is 2.33. The summed E-state index contributed by atoms with van der Waals surface area (Å²) in [6.45, 7) is 2.21. The van der Waals surface area contributed by atoms with Gasteiger partial charge in [0.2, 0.25) is 0 Å². The SMILES string of the molecule is CC1CC=C(C(=O)C2CCCC(S(C)(=O)=O)C2)CC1. The van der Waals surface area contributed by atoms with Crippen LogP contribution in [-0.4, -0.2) is 25.7 Å². The Balaban J connectivity index is 2.03. The van der Waals surface area contributed by atoms with Gasteiger partial charge in [0.1, 0.15) is 9.84 Å². The Morgan fingerprint density at radius 1 is 1.26 bits per heavy atom. The van der Waals surface area contributed by atoms with E-state index in [2.05, 4.69) is 13.0 Å². The van der Waals surface area contributed by atoms with E-state index in [4.69, 9.17) is 0 Å². The largest absolute Gasteiger partial charge is 0.294 e. The number of carbonyl (C=O) groups excluding carboxylic acids is 1. The van der Waals surface area contributed by atoms with Crippen LogP contribution in [0.1, 0.15) is 51.9 Å². The van der Waals surface area contributed by atoms with E-state index >= 15 is 0 Å². The summed E-state index contributed by atoms with van der Waals surface area (Å²) in [6, 6.07) is 0. The molecule has 2 aliphatic carbocycles. The molecule has 3 unspecified atom stereocenters. The zero-order valence-electron chi connectivity index (χ0n) is 11.9. The van der Waals surface area contributed by atoms with Crippen molar-refractivity contribution < 1.29 is 13.2 Å². The molecule has 0 radical (unpaired) electrons. The second-order valence-corrected chi connectivity index (χ2v) is 8.61. The topological polar surface area (TPSA) is 51.2 Å². The van der Waals surface area contributed by atoms with Gasteiger partial charge in [-0.2, -0.15) is 0 Å². The number of allylic oxidation sites excluding steroid dienone is 2. The lowest BCUT2D eigenvalue weighted by Gasteiger charge is -2.28. The van der Waals surface area contributed by atoms with Crippen molar-refractivity contribution in [3.05, 3.63) is 11.6 Å². The van der Waals surface area contributed by atoms with E-state index in [9.17, 15) is 13.2 Å². The molecule has 2 aliphatic rings. The Hall–Kier alpha value is -0.640. The summed E-state index contributed by atoms with van der Waals surface area (Å²) in [5, 5.41) is -0.307. The minimum atomic E-state index is -3.00. The Kier molecular flexibility index (Phi) is 4.49. The average molecular weight is 284 g/mol. The number of ketones is 1. The van der Waals surface area contributed by atoms with Gasteiger partial charge in [-0.15, -0.1) is 0 Å². The smallest absolute Gasteiger partial charge is 0.161 e. The van der Waals surface area contributed by atoms with Crippen molar-refractivity contribution >= 4 is 15.6 Å². The first-order valence-corrected chi connectivity index (χ1v) is 9.25. The van der Waals surface area contributed by atoms with E-state index < -0.39 is 9.84 Å². The van der Waals surface area contributed by atoms with Crippen LogP contribution in [0.2, 0.25) is 0 Å². The molecule has 0 amide bonds. The fourth-order valence-corrected chi connectivity index (χ4v) is 4.40. The molecule has 2 rings (SSSR count). The normalized spacial score (nSPS) is 32.7. The van der Waals surface area contributed by atoms with Crippen LogP contribution < -0.4 is 0 Å². The first kappa shape index (κ1) is 14.8. The third kappa shape index (κ3) is 3.68. The van der Waals surface area contributed by atoms with Gasteiger partial charge in [0.05, 0.1) is 5.25 Å². The second-order valence-electron chi connectivity index (χ2n) is 6.29. The fourth-order valence-electron chi connectivity index (χ4n) is 3.22. The van der Waals surface area contributed by atoms with Gasteiger partial charge in [0.15, 0.2) is 5.78 Å². The molecular formula is C15H24O3S. The Labute approximate surface area is 116 Å². The molecule has 108 valence electrons. The molecule has 3 nitrogen and oxygen atoms in total. The number of sulfone groups is 1. The lowest BCUT2D eigenvalue weighted by atomic mass is 9.79. The van der Waals surface area contributed by atoms with Crippen LogP contribution in [0.4, 0.5) is 0 Å². The molecule has 0 N–H and O–H groups in total. The highest BCUT2D eigenvalue weighted by molar-refractivity contribution is 7.91.